The van der Waals surface area contributed by atoms with Crippen LogP contribution < -0.4 is 14.5 Å². The van der Waals surface area contributed by atoms with Gasteiger partial charge in [0.25, 0.3) is 15.9 Å². The number of carbonyl (C=O) groups excluding carboxylic acids is 1. The summed E-state index contributed by atoms with van der Waals surface area (Å²) in [6.07, 6.45) is 1.27. The van der Waals surface area contributed by atoms with E-state index in [0.717, 1.165) is 4.31 Å². The number of carbonyl (C=O) groups is 1. The summed E-state index contributed by atoms with van der Waals surface area (Å²) in [6, 6.07) is 20.7. The van der Waals surface area contributed by atoms with Crippen LogP contribution in [-0.4, -0.2) is 39.3 Å². The largest absolute Gasteiger partial charge is 0.507 e. The van der Waals surface area contributed by atoms with E-state index in [-0.39, 0.29) is 16.3 Å². The number of aromatic hydroxyl groups is 1. The van der Waals surface area contributed by atoms with E-state index < -0.39 is 22.5 Å². The minimum absolute atomic E-state index is 0.00478. The van der Waals surface area contributed by atoms with Gasteiger partial charge in [0, 0.05) is 11.6 Å². The first-order chi connectivity index (χ1) is 14.9. The number of phenols is 1. The Bertz CT molecular complexity index is 1180. The smallest absolute Gasteiger partial charge is 0.264 e. The highest BCUT2D eigenvalue weighted by Crippen LogP contribution is 2.26. The monoisotopic (exact) mass is 439 g/mol. The molecule has 160 valence electrons. The Morgan fingerprint density at radius 1 is 1.06 bits per heavy atom. The van der Waals surface area contributed by atoms with Crippen molar-refractivity contribution in [3.63, 3.8) is 0 Å². The number of hydrogen-bond donors (Lipinski definition) is 2. The van der Waals surface area contributed by atoms with E-state index in [2.05, 4.69) is 10.5 Å². The van der Waals surface area contributed by atoms with Crippen molar-refractivity contribution in [3.05, 3.63) is 84.4 Å². The van der Waals surface area contributed by atoms with Gasteiger partial charge < -0.3 is 9.84 Å². The maximum atomic E-state index is 13.2. The van der Waals surface area contributed by atoms with Crippen LogP contribution in [0.25, 0.3) is 0 Å². The van der Waals surface area contributed by atoms with Gasteiger partial charge in [0.2, 0.25) is 0 Å². The Kier molecular flexibility index (Phi) is 6.88. The lowest BCUT2D eigenvalue weighted by molar-refractivity contribution is -0.119. The van der Waals surface area contributed by atoms with Crippen molar-refractivity contribution in [2.24, 2.45) is 5.10 Å². The second-order valence-corrected chi connectivity index (χ2v) is 8.24. The van der Waals surface area contributed by atoms with Crippen LogP contribution in [0.4, 0.5) is 5.69 Å². The van der Waals surface area contributed by atoms with Crippen molar-refractivity contribution in [3.8, 4) is 11.5 Å². The molecule has 0 aliphatic carbocycles. The number of hydrazone groups is 1. The molecule has 0 heterocycles. The lowest BCUT2D eigenvalue weighted by Crippen LogP contribution is -2.39. The number of methoxy groups -OCH3 is 1. The molecule has 8 nitrogen and oxygen atoms in total. The Morgan fingerprint density at radius 3 is 2.48 bits per heavy atom. The number of benzene rings is 3. The normalized spacial score (nSPS) is 11.3. The molecule has 0 spiro atoms. The molecule has 3 aromatic carbocycles. The zero-order chi connectivity index (χ0) is 22.3. The molecule has 0 aromatic heterocycles. The maximum absolute atomic E-state index is 13.2. The summed E-state index contributed by atoms with van der Waals surface area (Å²) in [5.74, 6) is -0.206. The number of ether oxygens (including phenoxy) is 1. The van der Waals surface area contributed by atoms with Crippen LogP contribution in [0.15, 0.2) is 88.9 Å². The Labute approximate surface area is 180 Å². The van der Waals surface area contributed by atoms with Crippen molar-refractivity contribution < 1.29 is 23.1 Å². The number of rotatable bonds is 8. The molecule has 0 aliphatic heterocycles. The molecule has 3 rings (SSSR count). The molecule has 0 saturated carbocycles. The van der Waals surface area contributed by atoms with Gasteiger partial charge >= 0.3 is 0 Å². The van der Waals surface area contributed by atoms with E-state index >= 15 is 0 Å². The molecule has 0 radical (unpaired) electrons. The molecule has 9 heteroatoms. The predicted octanol–water partition coefficient (Wildman–Crippen LogP) is 2.75. The van der Waals surface area contributed by atoms with Crippen LogP contribution >= 0.6 is 0 Å². The fourth-order valence-corrected chi connectivity index (χ4v) is 4.17. The molecular weight excluding hydrogens is 418 g/mol. The maximum Gasteiger partial charge on any atom is 0.264 e. The van der Waals surface area contributed by atoms with E-state index in [1.165, 1.54) is 37.6 Å². The van der Waals surface area contributed by atoms with Crippen LogP contribution in [-0.2, 0) is 14.8 Å². The van der Waals surface area contributed by atoms with Gasteiger partial charge in [0.1, 0.15) is 18.0 Å². The van der Waals surface area contributed by atoms with Crippen molar-refractivity contribution in [2.75, 3.05) is 18.0 Å². The Balaban J connectivity index is 1.86. The molecule has 31 heavy (non-hydrogen) atoms. The molecule has 0 saturated heterocycles. The molecular formula is C22H21N3O5S. The third kappa shape index (κ3) is 5.40. The lowest BCUT2D eigenvalue weighted by Gasteiger charge is -2.24. The lowest BCUT2D eigenvalue weighted by atomic mass is 10.2. The molecule has 0 bridgehead atoms. The second-order valence-electron chi connectivity index (χ2n) is 6.38. The van der Waals surface area contributed by atoms with Crippen LogP contribution in [0.5, 0.6) is 11.5 Å². The first kappa shape index (κ1) is 21.8. The highest BCUT2D eigenvalue weighted by Gasteiger charge is 2.27. The van der Waals surface area contributed by atoms with Crippen LogP contribution in [0.3, 0.4) is 0 Å². The summed E-state index contributed by atoms with van der Waals surface area (Å²) in [5, 5.41) is 13.6. The summed E-state index contributed by atoms with van der Waals surface area (Å²) in [5.41, 5.74) is 2.97. The number of nitrogens with zero attached hydrogens (tertiary/aromatic N) is 2. The summed E-state index contributed by atoms with van der Waals surface area (Å²) < 4.78 is 32.6. The zero-order valence-electron chi connectivity index (χ0n) is 16.7. The molecule has 0 fully saturated rings. The SMILES string of the molecule is COc1cccc(N(CC(=O)N/N=C\c2ccccc2O)S(=O)(=O)c2ccccc2)c1. The Hall–Kier alpha value is -3.85. The molecule has 0 aliphatic rings. The fraction of sp³-hybridized carbons (Fsp3) is 0.0909. The van der Waals surface area contributed by atoms with Crippen molar-refractivity contribution in [1.82, 2.24) is 5.43 Å². The van der Waals surface area contributed by atoms with Gasteiger partial charge in [0.15, 0.2) is 0 Å². The average Bonchev–Trinajstić information content (AvgIpc) is 2.79. The standard InChI is InChI=1S/C22H21N3O5S/c1-30-19-10-7-9-18(14-19)25(31(28,29)20-11-3-2-4-12-20)16-22(27)24-23-15-17-8-5-6-13-21(17)26/h2-15,26H,16H2,1H3,(H,24,27)/b23-15-. The molecule has 0 unspecified atom stereocenters. The van der Waals surface area contributed by atoms with Crippen molar-refractivity contribution in [2.45, 2.75) is 4.90 Å². The number of nitrogens with one attached hydrogen (secondary N) is 1. The van der Waals surface area contributed by atoms with E-state index in [1.807, 2.05) is 0 Å². The van der Waals surface area contributed by atoms with Crippen molar-refractivity contribution in [1.29, 1.82) is 0 Å². The fourth-order valence-electron chi connectivity index (χ4n) is 2.74. The molecule has 1 amide bonds. The minimum atomic E-state index is -4.03. The third-order valence-electron chi connectivity index (χ3n) is 4.29. The highest BCUT2D eigenvalue weighted by atomic mass is 32.2. The van der Waals surface area contributed by atoms with Gasteiger partial charge in [0.05, 0.1) is 23.9 Å². The average molecular weight is 439 g/mol. The number of amides is 1. The molecule has 0 atom stereocenters. The first-order valence-corrected chi connectivity index (χ1v) is 10.7. The van der Waals surface area contributed by atoms with Crippen molar-refractivity contribution >= 4 is 27.8 Å². The summed E-state index contributed by atoms with van der Waals surface area (Å²) in [6.45, 7) is -0.511. The first-order valence-electron chi connectivity index (χ1n) is 9.23. The van der Waals surface area contributed by atoms with Gasteiger partial charge in [-0.2, -0.15) is 5.10 Å². The quantitative estimate of drug-likeness (QED) is 0.414. The van der Waals surface area contributed by atoms with Gasteiger partial charge in [-0.15, -0.1) is 0 Å². The highest BCUT2D eigenvalue weighted by molar-refractivity contribution is 7.92. The van der Waals surface area contributed by atoms with E-state index in [4.69, 9.17) is 4.74 Å². The van der Waals surface area contributed by atoms with Gasteiger partial charge in [-0.05, 0) is 36.4 Å². The third-order valence-corrected chi connectivity index (χ3v) is 6.08. The second kappa shape index (κ2) is 9.77. The van der Waals surface area contributed by atoms with Gasteiger partial charge in [-0.25, -0.2) is 13.8 Å². The zero-order valence-corrected chi connectivity index (χ0v) is 17.5. The topological polar surface area (TPSA) is 108 Å². The minimum Gasteiger partial charge on any atom is -0.507 e. The van der Waals surface area contributed by atoms with Crippen LogP contribution in [0.1, 0.15) is 5.56 Å². The summed E-state index contributed by atoms with van der Waals surface area (Å²) in [4.78, 5) is 12.6. The van der Waals surface area contributed by atoms with E-state index in [0.29, 0.717) is 11.3 Å². The summed E-state index contributed by atoms with van der Waals surface area (Å²) >= 11 is 0. The van der Waals surface area contributed by atoms with Crippen LogP contribution in [0, 0.1) is 0 Å². The van der Waals surface area contributed by atoms with Gasteiger partial charge in [-0.3, -0.25) is 9.10 Å². The molecule has 3 aromatic rings. The number of phenolic OH excluding ortho intramolecular Hbond substituents is 1. The number of sulfonamides is 1. The molecule has 2 N–H and O–H groups in total. The summed E-state index contributed by atoms with van der Waals surface area (Å²) in [7, 11) is -2.57. The number of anilines is 1. The van der Waals surface area contributed by atoms with Crippen LogP contribution in [0.2, 0.25) is 0 Å². The van der Waals surface area contributed by atoms with E-state index in [9.17, 15) is 18.3 Å². The number of para-hydroxylation sites is 1. The Morgan fingerprint density at radius 2 is 1.77 bits per heavy atom. The predicted molar refractivity (Wildman–Crippen MR) is 118 cm³/mol. The number of hydrogen-bond acceptors (Lipinski definition) is 6. The van der Waals surface area contributed by atoms with Gasteiger partial charge in [-0.1, -0.05) is 36.4 Å². The van der Waals surface area contributed by atoms with E-state index in [1.54, 1.807) is 54.6 Å².